The maximum atomic E-state index is 13.5. The number of rotatable bonds is 4. The number of anilines is 1. The Kier molecular flexibility index (Phi) is 6.62. The van der Waals surface area contributed by atoms with Gasteiger partial charge in [-0.25, -0.2) is 0 Å². The van der Waals surface area contributed by atoms with Gasteiger partial charge in [-0.1, -0.05) is 36.8 Å². The van der Waals surface area contributed by atoms with Gasteiger partial charge in [0.05, 0.1) is 23.7 Å². The number of morpholine rings is 1. The second-order valence-electron chi connectivity index (χ2n) is 8.60. The van der Waals surface area contributed by atoms with Gasteiger partial charge >= 0.3 is 0 Å². The quantitative estimate of drug-likeness (QED) is 0.482. The average Bonchev–Trinajstić information content (AvgIpc) is 3.32. The van der Waals surface area contributed by atoms with Crippen LogP contribution in [0.4, 0.5) is 5.00 Å². The first-order valence-electron chi connectivity index (χ1n) is 11.6. The predicted molar refractivity (Wildman–Crippen MR) is 135 cm³/mol. The van der Waals surface area contributed by atoms with Crippen LogP contribution in [0.3, 0.4) is 0 Å². The molecule has 1 aromatic carbocycles. The highest BCUT2D eigenvalue weighted by atomic mass is 32.1. The molecule has 2 amide bonds. The van der Waals surface area contributed by atoms with E-state index in [0.29, 0.717) is 36.9 Å². The first-order chi connectivity index (χ1) is 16.1. The molecule has 0 unspecified atom stereocenters. The van der Waals surface area contributed by atoms with Crippen molar-refractivity contribution in [2.24, 2.45) is 0 Å². The Balaban J connectivity index is 1.49. The number of ether oxygens (including phenoxy) is 1. The highest BCUT2D eigenvalue weighted by Gasteiger charge is 2.28. The van der Waals surface area contributed by atoms with Gasteiger partial charge in [0, 0.05) is 22.8 Å². The Hall–Kier alpha value is -2.48. The van der Waals surface area contributed by atoms with Crippen molar-refractivity contribution in [1.82, 2.24) is 4.90 Å². The molecule has 1 aliphatic heterocycles. The maximum absolute atomic E-state index is 13.5. The minimum absolute atomic E-state index is 0.0357. The molecule has 3 aromatic rings. The van der Waals surface area contributed by atoms with E-state index in [1.807, 2.05) is 42.2 Å². The first kappa shape index (κ1) is 22.3. The third-order valence-electron chi connectivity index (χ3n) is 6.39. The molecule has 1 aliphatic carbocycles. The van der Waals surface area contributed by atoms with Crippen LogP contribution in [0.2, 0.25) is 0 Å². The number of nitrogens with zero attached hydrogens (tertiary/aromatic N) is 1. The van der Waals surface area contributed by atoms with Gasteiger partial charge in [0.2, 0.25) is 0 Å². The monoisotopic (exact) mass is 480 g/mol. The summed E-state index contributed by atoms with van der Waals surface area (Å²) >= 11 is 3.09. The van der Waals surface area contributed by atoms with E-state index in [9.17, 15) is 9.59 Å². The molecule has 7 heteroatoms. The second kappa shape index (κ2) is 9.79. The van der Waals surface area contributed by atoms with Gasteiger partial charge in [-0.15, -0.1) is 22.7 Å². The van der Waals surface area contributed by atoms with Gasteiger partial charge in [-0.2, -0.15) is 0 Å². The van der Waals surface area contributed by atoms with E-state index in [0.717, 1.165) is 33.7 Å². The van der Waals surface area contributed by atoms with Crippen LogP contribution >= 0.6 is 22.7 Å². The molecule has 1 saturated heterocycles. The molecular formula is C26H28N2O3S2. The smallest absolute Gasteiger partial charge is 0.266 e. The number of thiophene rings is 2. The predicted octanol–water partition coefficient (Wildman–Crippen LogP) is 5.78. The molecule has 0 spiro atoms. The minimum Gasteiger partial charge on any atom is -0.378 e. The van der Waals surface area contributed by atoms with Crippen molar-refractivity contribution in [3.05, 3.63) is 62.8 Å². The summed E-state index contributed by atoms with van der Waals surface area (Å²) in [4.78, 5) is 31.7. The van der Waals surface area contributed by atoms with Crippen LogP contribution in [0.1, 0.15) is 55.3 Å². The summed E-state index contributed by atoms with van der Waals surface area (Å²) in [6.07, 6.45) is 5.75. The maximum Gasteiger partial charge on any atom is 0.266 e. The van der Waals surface area contributed by atoms with Gasteiger partial charge < -0.3 is 15.0 Å². The summed E-state index contributed by atoms with van der Waals surface area (Å²) in [6, 6.07) is 12.1. The molecule has 0 saturated carbocycles. The SMILES string of the molecule is Cc1c(-c2ccccc2)sc(NC(=O)c2cc3c(s2)CCCCC3)c1C(=O)N1CCOCC1. The van der Waals surface area contributed by atoms with E-state index in [-0.39, 0.29) is 11.8 Å². The second-order valence-corrected chi connectivity index (χ2v) is 10.8. The van der Waals surface area contributed by atoms with E-state index >= 15 is 0 Å². The lowest BCUT2D eigenvalue weighted by Crippen LogP contribution is -2.41. The largest absolute Gasteiger partial charge is 0.378 e. The molecule has 5 rings (SSSR count). The molecule has 5 nitrogen and oxygen atoms in total. The van der Waals surface area contributed by atoms with Gasteiger partial charge in [-0.3, -0.25) is 9.59 Å². The number of amides is 2. The van der Waals surface area contributed by atoms with Crippen LogP contribution < -0.4 is 5.32 Å². The van der Waals surface area contributed by atoms with Crippen molar-refractivity contribution in [3.8, 4) is 10.4 Å². The Bertz CT molecular complexity index is 1140. The van der Waals surface area contributed by atoms with E-state index in [4.69, 9.17) is 4.74 Å². The lowest BCUT2D eigenvalue weighted by atomic mass is 10.1. The zero-order valence-corrected chi connectivity index (χ0v) is 20.4. The number of fused-ring (bicyclic) bond motifs is 1. The molecule has 1 N–H and O–H groups in total. The summed E-state index contributed by atoms with van der Waals surface area (Å²) in [5, 5.41) is 3.75. The van der Waals surface area contributed by atoms with E-state index in [1.165, 1.54) is 41.0 Å². The molecule has 2 aliphatic rings. The minimum atomic E-state index is -0.120. The van der Waals surface area contributed by atoms with Crippen LogP contribution in [0.15, 0.2) is 36.4 Å². The van der Waals surface area contributed by atoms with Gasteiger partial charge in [-0.05, 0) is 55.4 Å². The average molecular weight is 481 g/mol. The van der Waals surface area contributed by atoms with Crippen molar-refractivity contribution in [2.75, 3.05) is 31.6 Å². The van der Waals surface area contributed by atoms with Crippen LogP contribution in [0.5, 0.6) is 0 Å². The highest BCUT2D eigenvalue weighted by Crippen LogP contribution is 2.41. The van der Waals surface area contributed by atoms with E-state index in [2.05, 4.69) is 11.4 Å². The van der Waals surface area contributed by atoms with E-state index in [1.54, 1.807) is 11.3 Å². The Labute approximate surface area is 202 Å². The molecule has 0 atom stereocenters. The number of hydrogen-bond acceptors (Lipinski definition) is 5. The van der Waals surface area contributed by atoms with Crippen molar-refractivity contribution in [3.63, 3.8) is 0 Å². The van der Waals surface area contributed by atoms with Crippen molar-refractivity contribution >= 4 is 39.5 Å². The zero-order chi connectivity index (χ0) is 22.8. The normalized spacial score (nSPS) is 16.2. The Morgan fingerprint density at radius 2 is 1.76 bits per heavy atom. The van der Waals surface area contributed by atoms with Crippen LogP contribution in [0.25, 0.3) is 10.4 Å². The number of carbonyl (C=O) groups excluding carboxylic acids is 2. The molecule has 2 aromatic heterocycles. The molecule has 0 radical (unpaired) electrons. The fourth-order valence-electron chi connectivity index (χ4n) is 4.59. The fourth-order valence-corrected chi connectivity index (χ4v) is 6.94. The topological polar surface area (TPSA) is 58.6 Å². The van der Waals surface area contributed by atoms with Gasteiger partial charge in [0.15, 0.2) is 0 Å². The number of benzene rings is 1. The fraction of sp³-hybridized carbons (Fsp3) is 0.385. The van der Waals surface area contributed by atoms with Crippen molar-refractivity contribution in [1.29, 1.82) is 0 Å². The number of carbonyl (C=O) groups is 2. The summed E-state index contributed by atoms with van der Waals surface area (Å²) in [5.74, 6) is -0.156. The number of hydrogen-bond donors (Lipinski definition) is 1. The number of aryl methyl sites for hydroxylation is 2. The lowest BCUT2D eigenvalue weighted by Gasteiger charge is -2.27. The molecule has 33 heavy (non-hydrogen) atoms. The van der Waals surface area contributed by atoms with Crippen LogP contribution in [0, 0.1) is 6.92 Å². The lowest BCUT2D eigenvalue weighted by molar-refractivity contribution is 0.0303. The number of nitrogens with one attached hydrogen (secondary N) is 1. The summed E-state index contributed by atoms with van der Waals surface area (Å²) in [5.41, 5.74) is 3.89. The molecular weight excluding hydrogens is 452 g/mol. The molecule has 3 heterocycles. The highest BCUT2D eigenvalue weighted by molar-refractivity contribution is 7.20. The summed E-state index contributed by atoms with van der Waals surface area (Å²) in [6.45, 7) is 4.21. The van der Waals surface area contributed by atoms with E-state index < -0.39 is 0 Å². The third-order valence-corrected chi connectivity index (χ3v) is 8.88. The molecule has 172 valence electrons. The molecule has 0 bridgehead atoms. The summed E-state index contributed by atoms with van der Waals surface area (Å²) in [7, 11) is 0. The standard InChI is InChI=1S/C26H28N2O3S2/c1-17-22(26(30)28-12-14-31-15-13-28)25(33-23(17)18-8-4-2-5-9-18)27-24(29)21-16-19-10-6-3-7-11-20(19)32-21/h2,4-5,8-9,16H,3,6-7,10-15H2,1H3,(H,27,29). The summed E-state index contributed by atoms with van der Waals surface area (Å²) < 4.78 is 5.43. The van der Waals surface area contributed by atoms with Crippen LogP contribution in [-0.2, 0) is 17.6 Å². The Morgan fingerprint density at radius 1 is 1.00 bits per heavy atom. The Morgan fingerprint density at radius 3 is 2.55 bits per heavy atom. The van der Waals surface area contributed by atoms with Crippen molar-refractivity contribution in [2.45, 2.75) is 39.0 Å². The van der Waals surface area contributed by atoms with Gasteiger partial charge in [0.1, 0.15) is 5.00 Å². The first-order valence-corrected chi connectivity index (χ1v) is 13.2. The van der Waals surface area contributed by atoms with Crippen LogP contribution in [-0.4, -0.2) is 43.0 Å². The zero-order valence-electron chi connectivity index (χ0n) is 18.8. The van der Waals surface area contributed by atoms with Gasteiger partial charge in [0.25, 0.3) is 11.8 Å². The van der Waals surface area contributed by atoms with Crippen molar-refractivity contribution < 1.29 is 14.3 Å². The third kappa shape index (κ3) is 4.63. The molecule has 1 fully saturated rings.